The maximum Gasteiger partial charge on any atom is 0.458 e. The molecule has 0 unspecified atom stereocenters. The zero-order valence-corrected chi connectivity index (χ0v) is 16.6. The standard InChI is InChI=1S/C24H27BO2/c1-23(2)24(3,4)27-25(26-23)17-22(19-11-6-5-7-12-19)21-16-10-14-18-13-8-9-15-20(18)21/h5-16,22H,17H2,1-4H3/t22-/m1/s1. The van der Waals surface area contributed by atoms with E-state index in [1.54, 1.807) is 0 Å². The van der Waals surface area contributed by atoms with Crippen molar-refractivity contribution in [3.8, 4) is 0 Å². The molecule has 0 bridgehead atoms. The molecule has 0 saturated carbocycles. The maximum atomic E-state index is 6.33. The molecule has 1 heterocycles. The average Bonchev–Trinajstić information content (AvgIpc) is 2.86. The number of hydrogen-bond acceptors (Lipinski definition) is 2. The Balaban J connectivity index is 1.75. The first-order chi connectivity index (χ1) is 12.9. The van der Waals surface area contributed by atoms with Crippen molar-refractivity contribution in [2.45, 2.75) is 51.1 Å². The van der Waals surface area contributed by atoms with Gasteiger partial charge in [0, 0.05) is 5.92 Å². The first-order valence-electron chi connectivity index (χ1n) is 9.76. The third-order valence-corrected chi connectivity index (χ3v) is 6.13. The first-order valence-corrected chi connectivity index (χ1v) is 9.76. The van der Waals surface area contributed by atoms with Crippen molar-refractivity contribution in [2.75, 3.05) is 0 Å². The summed E-state index contributed by atoms with van der Waals surface area (Å²) >= 11 is 0. The number of hydrogen-bond donors (Lipinski definition) is 0. The Morgan fingerprint density at radius 3 is 2.04 bits per heavy atom. The predicted octanol–water partition coefficient (Wildman–Crippen LogP) is 6.06. The Morgan fingerprint density at radius 2 is 1.33 bits per heavy atom. The molecule has 3 heteroatoms. The molecule has 0 N–H and O–H groups in total. The lowest BCUT2D eigenvalue weighted by Crippen LogP contribution is -2.41. The Morgan fingerprint density at radius 1 is 0.741 bits per heavy atom. The van der Waals surface area contributed by atoms with Gasteiger partial charge in [0.2, 0.25) is 0 Å². The van der Waals surface area contributed by atoms with Crippen LogP contribution in [0.5, 0.6) is 0 Å². The van der Waals surface area contributed by atoms with Crippen molar-refractivity contribution in [2.24, 2.45) is 0 Å². The van der Waals surface area contributed by atoms with E-state index in [0.29, 0.717) is 0 Å². The lowest BCUT2D eigenvalue weighted by molar-refractivity contribution is 0.00578. The highest BCUT2D eigenvalue weighted by molar-refractivity contribution is 6.45. The van der Waals surface area contributed by atoms with Crippen LogP contribution in [0.3, 0.4) is 0 Å². The van der Waals surface area contributed by atoms with Crippen molar-refractivity contribution in [3.05, 3.63) is 83.9 Å². The average molecular weight is 358 g/mol. The third kappa shape index (κ3) is 3.42. The molecule has 1 aliphatic rings. The third-order valence-electron chi connectivity index (χ3n) is 6.13. The molecule has 1 atom stereocenters. The molecule has 138 valence electrons. The Bertz CT molecular complexity index is 912. The summed E-state index contributed by atoms with van der Waals surface area (Å²) in [6.07, 6.45) is 0.797. The van der Waals surface area contributed by atoms with Crippen LogP contribution in [0, 0.1) is 0 Å². The maximum absolute atomic E-state index is 6.33. The molecule has 1 saturated heterocycles. The summed E-state index contributed by atoms with van der Waals surface area (Å²) in [4.78, 5) is 0. The van der Waals surface area contributed by atoms with Gasteiger partial charge < -0.3 is 9.31 Å². The largest absolute Gasteiger partial charge is 0.458 e. The van der Waals surface area contributed by atoms with E-state index >= 15 is 0 Å². The van der Waals surface area contributed by atoms with E-state index < -0.39 is 0 Å². The fraction of sp³-hybridized carbons (Fsp3) is 0.333. The fourth-order valence-electron chi connectivity index (χ4n) is 3.94. The van der Waals surface area contributed by atoms with Gasteiger partial charge in [0.1, 0.15) is 0 Å². The van der Waals surface area contributed by atoms with Gasteiger partial charge in [0.25, 0.3) is 0 Å². The van der Waals surface area contributed by atoms with Crippen LogP contribution in [0.15, 0.2) is 72.8 Å². The minimum atomic E-state index is -0.308. The van der Waals surface area contributed by atoms with Crippen LogP contribution in [-0.4, -0.2) is 18.3 Å². The molecule has 0 spiro atoms. The highest BCUT2D eigenvalue weighted by atomic mass is 16.7. The predicted molar refractivity (Wildman–Crippen MR) is 113 cm³/mol. The molecule has 0 radical (unpaired) electrons. The van der Waals surface area contributed by atoms with Crippen molar-refractivity contribution < 1.29 is 9.31 Å². The molecule has 0 aliphatic carbocycles. The number of benzene rings is 3. The van der Waals surface area contributed by atoms with Crippen LogP contribution in [0.4, 0.5) is 0 Å². The van der Waals surface area contributed by atoms with Gasteiger partial charge in [-0.15, -0.1) is 0 Å². The molecule has 1 aliphatic heterocycles. The smallest absolute Gasteiger partial charge is 0.403 e. The fourth-order valence-corrected chi connectivity index (χ4v) is 3.94. The zero-order valence-electron chi connectivity index (χ0n) is 16.6. The summed E-state index contributed by atoms with van der Waals surface area (Å²) in [5, 5.41) is 2.57. The molecule has 3 aromatic carbocycles. The second-order valence-corrected chi connectivity index (χ2v) is 8.45. The quantitative estimate of drug-likeness (QED) is 0.528. The monoisotopic (exact) mass is 358 g/mol. The molecule has 0 amide bonds. The molecule has 4 rings (SSSR count). The van der Waals surface area contributed by atoms with E-state index in [-0.39, 0.29) is 24.2 Å². The zero-order chi connectivity index (χ0) is 19.1. The van der Waals surface area contributed by atoms with E-state index in [1.165, 1.54) is 21.9 Å². The molecule has 3 aromatic rings. The van der Waals surface area contributed by atoms with Crippen molar-refractivity contribution >= 4 is 17.9 Å². The normalized spacial score (nSPS) is 19.3. The SMILES string of the molecule is CC1(C)OB(C[C@H](c2ccccc2)c2cccc3ccccc23)OC1(C)C. The Kier molecular flexibility index (Phi) is 4.61. The summed E-state index contributed by atoms with van der Waals surface area (Å²) in [5.74, 6) is 0.215. The van der Waals surface area contributed by atoms with Crippen LogP contribution in [-0.2, 0) is 9.31 Å². The van der Waals surface area contributed by atoms with Crippen LogP contribution < -0.4 is 0 Å². The second kappa shape index (κ2) is 6.81. The van der Waals surface area contributed by atoms with Crippen molar-refractivity contribution in [1.29, 1.82) is 0 Å². The van der Waals surface area contributed by atoms with Gasteiger partial charge in [-0.25, -0.2) is 0 Å². The van der Waals surface area contributed by atoms with Gasteiger partial charge >= 0.3 is 7.12 Å². The lowest BCUT2D eigenvalue weighted by atomic mass is 9.71. The number of fused-ring (bicyclic) bond motifs is 1. The molecule has 27 heavy (non-hydrogen) atoms. The topological polar surface area (TPSA) is 18.5 Å². The number of rotatable bonds is 4. The highest BCUT2D eigenvalue weighted by Gasteiger charge is 2.51. The highest BCUT2D eigenvalue weighted by Crippen LogP contribution is 2.42. The van der Waals surface area contributed by atoms with Gasteiger partial charge in [-0.3, -0.25) is 0 Å². The Labute approximate surface area is 162 Å². The minimum Gasteiger partial charge on any atom is -0.403 e. The van der Waals surface area contributed by atoms with Crippen molar-refractivity contribution in [1.82, 2.24) is 0 Å². The minimum absolute atomic E-state index is 0.215. The van der Waals surface area contributed by atoms with Crippen LogP contribution in [0.25, 0.3) is 10.8 Å². The van der Waals surface area contributed by atoms with Crippen LogP contribution in [0.1, 0.15) is 44.7 Å². The molecule has 0 aromatic heterocycles. The van der Waals surface area contributed by atoms with Crippen molar-refractivity contribution in [3.63, 3.8) is 0 Å². The van der Waals surface area contributed by atoms with E-state index in [0.717, 1.165) is 6.32 Å². The van der Waals surface area contributed by atoms with Crippen LogP contribution >= 0.6 is 0 Å². The summed E-state index contributed by atoms with van der Waals surface area (Å²) in [5.41, 5.74) is 2.01. The van der Waals surface area contributed by atoms with Gasteiger partial charge in [-0.1, -0.05) is 72.8 Å². The van der Waals surface area contributed by atoms with E-state index in [1.807, 2.05) is 0 Å². The van der Waals surface area contributed by atoms with Crippen LogP contribution in [0.2, 0.25) is 6.32 Å². The molecular formula is C24H27BO2. The molecule has 1 fully saturated rings. The van der Waals surface area contributed by atoms with Gasteiger partial charge in [-0.2, -0.15) is 0 Å². The summed E-state index contributed by atoms with van der Waals surface area (Å²) < 4.78 is 12.7. The molecule has 2 nitrogen and oxygen atoms in total. The van der Waals surface area contributed by atoms with E-state index in [4.69, 9.17) is 9.31 Å². The van der Waals surface area contributed by atoms with Gasteiger partial charge in [0.05, 0.1) is 11.2 Å². The van der Waals surface area contributed by atoms with E-state index in [2.05, 4.69) is 100 Å². The van der Waals surface area contributed by atoms with Gasteiger partial charge in [-0.05, 0) is 55.9 Å². The molecular weight excluding hydrogens is 331 g/mol. The summed E-state index contributed by atoms with van der Waals surface area (Å²) in [6, 6.07) is 25.9. The second-order valence-electron chi connectivity index (χ2n) is 8.45. The summed E-state index contributed by atoms with van der Waals surface area (Å²) in [6.45, 7) is 8.45. The Hall–Kier alpha value is -2.10. The lowest BCUT2D eigenvalue weighted by Gasteiger charge is -2.32. The van der Waals surface area contributed by atoms with Gasteiger partial charge in [0.15, 0.2) is 0 Å². The van der Waals surface area contributed by atoms with E-state index in [9.17, 15) is 0 Å². The summed E-state index contributed by atoms with van der Waals surface area (Å²) in [7, 11) is -0.223. The first kappa shape index (κ1) is 18.3.